The van der Waals surface area contributed by atoms with Crippen molar-refractivity contribution in [2.45, 2.75) is 6.92 Å². The zero-order chi connectivity index (χ0) is 21.0. The summed E-state index contributed by atoms with van der Waals surface area (Å²) in [7, 11) is -3.75. The van der Waals surface area contributed by atoms with Gasteiger partial charge in [0.25, 0.3) is 5.91 Å². The highest BCUT2D eigenvalue weighted by atomic mass is 16.4. The zero-order valence-corrected chi connectivity index (χ0v) is 14.8. The fourth-order valence-electron chi connectivity index (χ4n) is 2.58. The minimum absolute atomic E-state index is 0.0601. The molecule has 0 saturated carbocycles. The second kappa shape index (κ2) is 8.81. The number of hydrogen-bond donors (Lipinski definition) is 6. The Balaban J connectivity index is 2.48. The molecule has 0 aliphatic heterocycles. The van der Waals surface area contributed by atoms with Crippen LogP contribution in [0.5, 0.6) is 0 Å². The molecule has 9 nitrogen and oxygen atoms in total. The molecule has 11 heteroatoms. The maximum Gasteiger partial charge on any atom is 0.488 e. The van der Waals surface area contributed by atoms with Gasteiger partial charge in [0.1, 0.15) is 6.54 Å². The van der Waals surface area contributed by atoms with E-state index >= 15 is 0 Å². The molecule has 0 aromatic heterocycles. The molecule has 0 radical (unpaired) electrons. The van der Waals surface area contributed by atoms with Crippen molar-refractivity contribution in [2.75, 3.05) is 6.54 Å². The normalized spacial score (nSPS) is 10.3. The predicted octanol–water partition coefficient (Wildman–Crippen LogP) is -2.60. The number of carbonyl (C=O) groups is 3. The molecule has 0 saturated heterocycles. The van der Waals surface area contributed by atoms with Crippen LogP contribution in [0.2, 0.25) is 0 Å². The number of nitrogens with one attached hydrogen (secondary N) is 1. The Morgan fingerprint density at radius 1 is 0.821 bits per heavy atom. The quantitative estimate of drug-likeness (QED) is 0.223. The van der Waals surface area contributed by atoms with Crippen molar-refractivity contribution < 1.29 is 39.6 Å². The fourth-order valence-corrected chi connectivity index (χ4v) is 2.58. The highest BCUT2D eigenvalue weighted by Gasteiger charge is 2.21. The second-order valence-corrected chi connectivity index (χ2v) is 6.13. The van der Waals surface area contributed by atoms with Crippen LogP contribution in [0.15, 0.2) is 36.4 Å². The van der Waals surface area contributed by atoms with Crippen molar-refractivity contribution in [2.24, 2.45) is 0 Å². The van der Waals surface area contributed by atoms with Crippen molar-refractivity contribution in [1.82, 2.24) is 5.32 Å². The number of carboxylic acid groups (broad SMARTS) is 1. The molecule has 0 bridgehead atoms. The first-order chi connectivity index (χ1) is 13.1. The third-order valence-electron chi connectivity index (χ3n) is 3.84. The summed E-state index contributed by atoms with van der Waals surface area (Å²) < 4.78 is 0. The molecule has 0 spiro atoms. The summed E-state index contributed by atoms with van der Waals surface area (Å²) in [5.41, 5.74) is 0.458. The lowest BCUT2D eigenvalue weighted by Gasteiger charge is -2.11. The van der Waals surface area contributed by atoms with Gasteiger partial charge in [-0.15, -0.1) is 0 Å². The molecule has 0 heterocycles. The number of aryl methyl sites for hydroxylation is 1. The first kappa shape index (κ1) is 21.3. The van der Waals surface area contributed by atoms with Crippen molar-refractivity contribution in [3.05, 3.63) is 58.7 Å². The van der Waals surface area contributed by atoms with E-state index in [1.54, 1.807) is 6.92 Å². The van der Waals surface area contributed by atoms with Gasteiger partial charge in [-0.2, -0.15) is 0 Å². The van der Waals surface area contributed by atoms with Gasteiger partial charge in [-0.05, 0) is 36.0 Å². The Bertz CT molecular complexity index is 929. The van der Waals surface area contributed by atoms with Crippen LogP contribution in [0.1, 0.15) is 31.8 Å². The zero-order valence-electron chi connectivity index (χ0n) is 14.8. The minimum atomic E-state index is -1.97. The standard InChI is InChI=1S/C17H17B2NO8/c1-9-2-10(5-13(3-9)18(25)26)16(23)11-4-12(7-14(6-11)19(27)28)17(24)20-8-15(21)22/h2-7,25-28H,8H2,1H3,(H,20,24)(H,21,22). The lowest BCUT2D eigenvalue weighted by atomic mass is 9.76. The van der Waals surface area contributed by atoms with Gasteiger partial charge < -0.3 is 30.5 Å². The highest BCUT2D eigenvalue weighted by Crippen LogP contribution is 2.13. The van der Waals surface area contributed by atoms with Crippen molar-refractivity contribution in [1.29, 1.82) is 0 Å². The number of amides is 1. The number of carbonyl (C=O) groups excluding carboxylic acids is 2. The number of rotatable bonds is 7. The topological polar surface area (TPSA) is 164 Å². The Labute approximate surface area is 160 Å². The number of ketones is 1. The molecular formula is C17H17B2NO8. The third kappa shape index (κ3) is 5.27. The average Bonchev–Trinajstić information content (AvgIpc) is 2.64. The van der Waals surface area contributed by atoms with E-state index in [2.05, 4.69) is 5.32 Å². The summed E-state index contributed by atoms with van der Waals surface area (Å²) in [6, 6.07) is 7.74. The average molecular weight is 385 g/mol. The molecule has 0 aliphatic carbocycles. The molecule has 0 unspecified atom stereocenters. The van der Waals surface area contributed by atoms with E-state index in [1.165, 1.54) is 30.3 Å². The van der Waals surface area contributed by atoms with Crippen LogP contribution in [-0.2, 0) is 4.79 Å². The van der Waals surface area contributed by atoms with Crippen LogP contribution in [-0.4, -0.2) is 63.6 Å². The number of carboxylic acids is 1. The van der Waals surface area contributed by atoms with Crippen LogP contribution in [0, 0.1) is 6.92 Å². The van der Waals surface area contributed by atoms with Gasteiger partial charge in [-0.3, -0.25) is 14.4 Å². The minimum Gasteiger partial charge on any atom is -0.480 e. The van der Waals surface area contributed by atoms with Gasteiger partial charge in [-0.1, -0.05) is 23.8 Å². The first-order valence-electron chi connectivity index (χ1n) is 8.12. The summed E-state index contributed by atoms with van der Waals surface area (Å²) in [6.45, 7) is 1.00. The molecule has 28 heavy (non-hydrogen) atoms. The third-order valence-corrected chi connectivity index (χ3v) is 3.84. The van der Waals surface area contributed by atoms with Gasteiger partial charge in [0.05, 0.1) is 0 Å². The largest absolute Gasteiger partial charge is 0.488 e. The maximum absolute atomic E-state index is 12.8. The van der Waals surface area contributed by atoms with Gasteiger partial charge >= 0.3 is 20.2 Å². The number of aliphatic carboxylic acids is 1. The molecule has 0 aliphatic rings. The van der Waals surface area contributed by atoms with Gasteiger partial charge in [0.15, 0.2) is 5.78 Å². The van der Waals surface area contributed by atoms with Gasteiger partial charge in [-0.25, -0.2) is 0 Å². The van der Waals surface area contributed by atoms with Crippen LogP contribution in [0.25, 0.3) is 0 Å². The van der Waals surface area contributed by atoms with Crippen molar-refractivity contribution in [3.63, 3.8) is 0 Å². The van der Waals surface area contributed by atoms with E-state index in [4.69, 9.17) is 5.11 Å². The van der Waals surface area contributed by atoms with E-state index in [0.717, 1.165) is 6.07 Å². The summed E-state index contributed by atoms with van der Waals surface area (Å²) in [4.78, 5) is 35.6. The van der Waals surface area contributed by atoms with Crippen molar-refractivity contribution >= 4 is 42.8 Å². The fraction of sp³-hybridized carbons (Fsp3) is 0.118. The lowest BCUT2D eigenvalue weighted by Crippen LogP contribution is -2.34. The molecule has 0 fully saturated rings. The summed E-state index contributed by atoms with van der Waals surface area (Å²) in [6.07, 6.45) is 0. The Morgan fingerprint density at radius 2 is 1.32 bits per heavy atom. The summed E-state index contributed by atoms with van der Waals surface area (Å²) in [5.74, 6) is -2.67. The van der Waals surface area contributed by atoms with E-state index in [0.29, 0.717) is 5.56 Å². The first-order valence-corrected chi connectivity index (χ1v) is 8.12. The second-order valence-electron chi connectivity index (χ2n) is 6.13. The lowest BCUT2D eigenvalue weighted by molar-refractivity contribution is -0.135. The predicted molar refractivity (Wildman–Crippen MR) is 101 cm³/mol. The Kier molecular flexibility index (Phi) is 6.71. The van der Waals surface area contributed by atoms with Gasteiger partial charge in [0.2, 0.25) is 0 Å². The summed E-state index contributed by atoms with van der Waals surface area (Å²) >= 11 is 0. The van der Waals surface area contributed by atoms with Crippen LogP contribution in [0.3, 0.4) is 0 Å². The number of benzene rings is 2. The number of hydrogen-bond acceptors (Lipinski definition) is 7. The molecule has 2 aromatic rings. The smallest absolute Gasteiger partial charge is 0.480 e. The van der Waals surface area contributed by atoms with E-state index in [9.17, 15) is 34.5 Å². The molecule has 2 rings (SSSR count). The molecule has 144 valence electrons. The van der Waals surface area contributed by atoms with Crippen LogP contribution < -0.4 is 16.2 Å². The highest BCUT2D eigenvalue weighted by molar-refractivity contribution is 6.59. The van der Waals surface area contributed by atoms with Crippen LogP contribution >= 0.6 is 0 Å². The SMILES string of the molecule is Cc1cc(B(O)O)cc(C(=O)c2cc(B(O)O)cc(C(=O)NCC(=O)O)c2)c1. The van der Waals surface area contributed by atoms with E-state index < -0.39 is 38.4 Å². The van der Waals surface area contributed by atoms with E-state index in [1.807, 2.05) is 0 Å². The summed E-state index contributed by atoms with van der Waals surface area (Å²) in [5, 5.41) is 48.3. The molecule has 6 N–H and O–H groups in total. The van der Waals surface area contributed by atoms with E-state index in [-0.39, 0.29) is 27.6 Å². The van der Waals surface area contributed by atoms with Crippen LogP contribution in [0.4, 0.5) is 0 Å². The Morgan fingerprint density at radius 3 is 1.86 bits per heavy atom. The maximum atomic E-state index is 12.8. The van der Waals surface area contributed by atoms with Gasteiger partial charge in [0, 0.05) is 16.7 Å². The molecular weight excluding hydrogens is 368 g/mol. The Hall–Kier alpha value is -2.98. The molecule has 0 atom stereocenters. The molecule has 1 amide bonds. The monoisotopic (exact) mass is 385 g/mol. The molecule has 2 aromatic carbocycles. The van der Waals surface area contributed by atoms with Crippen molar-refractivity contribution in [3.8, 4) is 0 Å².